The summed E-state index contributed by atoms with van der Waals surface area (Å²) in [4.78, 5) is 1.23. The molecule has 0 amide bonds. The van der Waals surface area contributed by atoms with Crippen LogP contribution in [0.2, 0.25) is 0 Å². The van der Waals surface area contributed by atoms with E-state index in [-0.39, 0.29) is 6.04 Å². The van der Waals surface area contributed by atoms with Gasteiger partial charge in [0.05, 0.1) is 16.6 Å². The largest absolute Gasteiger partial charge is 0.271 e. The van der Waals surface area contributed by atoms with E-state index in [1.165, 1.54) is 48.5 Å². The van der Waals surface area contributed by atoms with Crippen LogP contribution < -0.4 is 11.3 Å². The molecule has 1 aromatic rings. The van der Waals surface area contributed by atoms with Gasteiger partial charge in [-0.05, 0) is 24.4 Å². The topological polar surface area (TPSA) is 63.8 Å². The van der Waals surface area contributed by atoms with Crippen LogP contribution in [-0.2, 0) is 6.42 Å². The van der Waals surface area contributed by atoms with Gasteiger partial charge in [-0.3, -0.25) is 11.3 Å². The fourth-order valence-electron chi connectivity index (χ4n) is 2.13. The van der Waals surface area contributed by atoms with Crippen LogP contribution in [0.25, 0.3) is 0 Å². The highest BCUT2D eigenvalue weighted by molar-refractivity contribution is 7.05. The van der Waals surface area contributed by atoms with E-state index >= 15 is 0 Å². The number of rotatable bonds is 10. The Hall–Kier alpha value is -0.520. The maximum atomic E-state index is 5.67. The Bertz CT molecular complexity index is 314. The fourth-order valence-corrected chi connectivity index (χ4v) is 2.92. The SMILES string of the molecule is CCCCCCCC(NN)c1snnc1CCC. The molecule has 0 saturated carbocycles. The van der Waals surface area contributed by atoms with Crippen LogP contribution in [0.5, 0.6) is 0 Å². The zero-order valence-corrected chi connectivity index (χ0v) is 12.4. The first kappa shape index (κ1) is 15.5. The highest BCUT2D eigenvalue weighted by Crippen LogP contribution is 2.25. The molecule has 1 rings (SSSR count). The smallest absolute Gasteiger partial charge is 0.0804 e. The van der Waals surface area contributed by atoms with Crippen LogP contribution in [0, 0.1) is 0 Å². The Morgan fingerprint density at radius 2 is 1.94 bits per heavy atom. The Morgan fingerprint density at radius 3 is 2.61 bits per heavy atom. The number of nitrogens with two attached hydrogens (primary N) is 1. The Morgan fingerprint density at radius 1 is 1.17 bits per heavy atom. The van der Waals surface area contributed by atoms with Gasteiger partial charge >= 0.3 is 0 Å². The molecule has 0 spiro atoms. The predicted octanol–water partition coefficient (Wildman–Crippen LogP) is 3.36. The lowest BCUT2D eigenvalue weighted by atomic mass is 10.0. The summed E-state index contributed by atoms with van der Waals surface area (Å²) >= 11 is 1.49. The normalized spacial score (nSPS) is 12.8. The molecule has 3 N–H and O–H groups in total. The molecular formula is C13H26N4S. The van der Waals surface area contributed by atoms with Crippen LogP contribution in [0.1, 0.15) is 75.4 Å². The van der Waals surface area contributed by atoms with Crippen molar-refractivity contribution in [3.63, 3.8) is 0 Å². The van der Waals surface area contributed by atoms with Crippen LogP contribution >= 0.6 is 11.5 Å². The van der Waals surface area contributed by atoms with Gasteiger partial charge in [0, 0.05) is 0 Å². The molecule has 0 fully saturated rings. The molecule has 0 aliphatic rings. The summed E-state index contributed by atoms with van der Waals surface area (Å²) in [5.74, 6) is 5.67. The van der Waals surface area contributed by atoms with Gasteiger partial charge in [0.2, 0.25) is 0 Å². The van der Waals surface area contributed by atoms with Crippen LogP contribution in [0.4, 0.5) is 0 Å². The van der Waals surface area contributed by atoms with Crippen molar-refractivity contribution in [2.75, 3.05) is 0 Å². The maximum Gasteiger partial charge on any atom is 0.0804 e. The van der Waals surface area contributed by atoms with E-state index in [9.17, 15) is 0 Å². The first-order chi connectivity index (χ1) is 8.83. The summed E-state index contributed by atoms with van der Waals surface area (Å²) in [6.45, 7) is 4.41. The highest BCUT2D eigenvalue weighted by atomic mass is 32.1. The monoisotopic (exact) mass is 270 g/mol. The van der Waals surface area contributed by atoms with Crippen molar-refractivity contribution in [2.24, 2.45) is 5.84 Å². The standard InChI is InChI=1S/C13H26N4S/c1-3-5-6-7-8-10-11(15-14)13-12(9-4-2)16-17-18-13/h11,15H,3-10,14H2,1-2H3. The second-order valence-corrected chi connectivity index (χ2v) is 5.54. The third-order valence-electron chi connectivity index (χ3n) is 3.19. The Balaban J connectivity index is 2.41. The van der Waals surface area contributed by atoms with E-state index in [0.717, 1.165) is 25.0 Å². The predicted molar refractivity (Wildman–Crippen MR) is 77.3 cm³/mol. The Labute approximate surface area is 114 Å². The second-order valence-electron chi connectivity index (χ2n) is 4.76. The summed E-state index contributed by atoms with van der Waals surface area (Å²) in [7, 11) is 0. The number of hydrogen-bond acceptors (Lipinski definition) is 5. The average Bonchev–Trinajstić information content (AvgIpc) is 2.83. The first-order valence-electron chi connectivity index (χ1n) is 7.10. The van der Waals surface area contributed by atoms with Gasteiger partial charge in [-0.25, -0.2) is 0 Å². The van der Waals surface area contributed by atoms with Crippen molar-refractivity contribution >= 4 is 11.5 Å². The number of aromatic nitrogens is 2. The summed E-state index contributed by atoms with van der Waals surface area (Å²) in [6, 6.07) is 0.230. The molecule has 5 heteroatoms. The summed E-state index contributed by atoms with van der Waals surface area (Å²) < 4.78 is 4.06. The third-order valence-corrected chi connectivity index (χ3v) is 4.07. The number of nitrogens with zero attached hydrogens (tertiary/aromatic N) is 2. The quantitative estimate of drug-likeness (QED) is 0.389. The number of aryl methyl sites for hydroxylation is 1. The number of unbranched alkanes of at least 4 members (excludes halogenated alkanes) is 4. The molecule has 4 nitrogen and oxygen atoms in total. The molecule has 0 bridgehead atoms. The lowest BCUT2D eigenvalue weighted by Gasteiger charge is -2.14. The molecule has 1 heterocycles. The third kappa shape index (κ3) is 5.00. The molecule has 0 aromatic carbocycles. The summed E-state index contributed by atoms with van der Waals surface area (Å²) in [6.07, 6.45) is 9.66. The lowest BCUT2D eigenvalue weighted by Crippen LogP contribution is -2.28. The Kier molecular flexibility index (Phi) is 8.13. The van der Waals surface area contributed by atoms with Crippen molar-refractivity contribution in [1.82, 2.24) is 15.0 Å². The van der Waals surface area contributed by atoms with Crippen LogP contribution in [-0.4, -0.2) is 9.59 Å². The fraction of sp³-hybridized carbons (Fsp3) is 0.846. The van der Waals surface area contributed by atoms with Crippen molar-refractivity contribution in [3.8, 4) is 0 Å². The van der Waals surface area contributed by atoms with E-state index in [1.807, 2.05) is 0 Å². The molecule has 18 heavy (non-hydrogen) atoms. The molecule has 1 unspecified atom stereocenters. The summed E-state index contributed by atoms with van der Waals surface area (Å²) in [5, 5.41) is 4.21. The van der Waals surface area contributed by atoms with Gasteiger partial charge in [0.1, 0.15) is 0 Å². The van der Waals surface area contributed by atoms with Crippen molar-refractivity contribution in [1.29, 1.82) is 0 Å². The van der Waals surface area contributed by atoms with E-state index in [1.54, 1.807) is 0 Å². The second kappa shape index (κ2) is 9.42. The molecule has 1 atom stereocenters. The van der Waals surface area contributed by atoms with E-state index in [2.05, 4.69) is 28.9 Å². The molecule has 0 radical (unpaired) electrons. The van der Waals surface area contributed by atoms with Crippen molar-refractivity contribution < 1.29 is 0 Å². The van der Waals surface area contributed by atoms with Crippen molar-refractivity contribution in [2.45, 2.75) is 71.3 Å². The molecule has 0 saturated heterocycles. The average molecular weight is 270 g/mol. The van der Waals surface area contributed by atoms with Crippen LogP contribution in [0.15, 0.2) is 0 Å². The number of hydrogen-bond donors (Lipinski definition) is 2. The minimum Gasteiger partial charge on any atom is -0.271 e. The lowest BCUT2D eigenvalue weighted by molar-refractivity contribution is 0.481. The van der Waals surface area contributed by atoms with Gasteiger partial charge in [0.25, 0.3) is 0 Å². The van der Waals surface area contributed by atoms with E-state index in [0.29, 0.717) is 0 Å². The van der Waals surface area contributed by atoms with Crippen molar-refractivity contribution in [3.05, 3.63) is 10.6 Å². The van der Waals surface area contributed by atoms with Gasteiger partial charge in [-0.1, -0.05) is 56.9 Å². The zero-order valence-electron chi connectivity index (χ0n) is 11.6. The minimum atomic E-state index is 0.230. The van der Waals surface area contributed by atoms with Gasteiger partial charge < -0.3 is 0 Å². The number of nitrogens with one attached hydrogen (secondary N) is 1. The molecule has 0 aliphatic heterocycles. The highest BCUT2D eigenvalue weighted by Gasteiger charge is 2.17. The molecule has 104 valence electrons. The van der Waals surface area contributed by atoms with Crippen LogP contribution in [0.3, 0.4) is 0 Å². The van der Waals surface area contributed by atoms with Gasteiger partial charge in [0.15, 0.2) is 0 Å². The summed E-state index contributed by atoms with van der Waals surface area (Å²) in [5.41, 5.74) is 4.05. The maximum absolute atomic E-state index is 5.67. The molecular weight excluding hydrogens is 244 g/mol. The zero-order chi connectivity index (χ0) is 13.2. The number of hydrazine groups is 1. The van der Waals surface area contributed by atoms with E-state index < -0.39 is 0 Å². The first-order valence-corrected chi connectivity index (χ1v) is 7.88. The molecule has 1 aromatic heterocycles. The van der Waals surface area contributed by atoms with Gasteiger partial charge in [-0.2, -0.15) is 0 Å². The van der Waals surface area contributed by atoms with E-state index in [4.69, 9.17) is 5.84 Å². The van der Waals surface area contributed by atoms with Gasteiger partial charge in [-0.15, -0.1) is 5.10 Å². The molecule has 0 aliphatic carbocycles. The minimum absolute atomic E-state index is 0.230.